The lowest BCUT2D eigenvalue weighted by Gasteiger charge is -2.39. The van der Waals surface area contributed by atoms with E-state index in [1.807, 2.05) is 14.7 Å². The van der Waals surface area contributed by atoms with Gasteiger partial charge >= 0.3 is 0 Å². The van der Waals surface area contributed by atoms with Crippen LogP contribution in [-0.2, 0) is 9.59 Å². The van der Waals surface area contributed by atoms with Crippen LogP contribution in [0.4, 0.5) is 11.4 Å². The van der Waals surface area contributed by atoms with E-state index in [9.17, 15) is 19.7 Å². The maximum atomic E-state index is 12.9. The van der Waals surface area contributed by atoms with Crippen molar-refractivity contribution < 1.29 is 14.5 Å². The van der Waals surface area contributed by atoms with Crippen LogP contribution in [0.1, 0.15) is 26.2 Å². The van der Waals surface area contributed by atoms with Gasteiger partial charge < -0.3 is 14.7 Å². The highest BCUT2D eigenvalue weighted by Crippen LogP contribution is 2.28. The summed E-state index contributed by atoms with van der Waals surface area (Å²) >= 11 is 0. The number of likely N-dealkylation sites (tertiary alicyclic amines) is 1. The third kappa shape index (κ3) is 5.85. The number of anilines is 1. The summed E-state index contributed by atoms with van der Waals surface area (Å²) in [6.07, 6.45) is 3.40. The molecule has 34 heavy (non-hydrogen) atoms. The first-order chi connectivity index (χ1) is 16.4. The Bertz CT molecular complexity index is 880. The van der Waals surface area contributed by atoms with Gasteiger partial charge in [-0.3, -0.25) is 29.5 Å². The molecule has 0 aromatic heterocycles. The van der Waals surface area contributed by atoms with E-state index in [2.05, 4.69) is 16.7 Å². The van der Waals surface area contributed by atoms with E-state index >= 15 is 0 Å². The molecule has 1 aromatic rings. The number of hydrogen-bond donors (Lipinski definition) is 0. The van der Waals surface area contributed by atoms with E-state index in [-0.39, 0.29) is 22.4 Å². The smallest absolute Gasteiger partial charge is 0.292 e. The highest BCUT2D eigenvalue weighted by Gasteiger charge is 2.29. The van der Waals surface area contributed by atoms with Gasteiger partial charge in [-0.05, 0) is 32.3 Å². The van der Waals surface area contributed by atoms with Crippen LogP contribution in [0.25, 0.3) is 0 Å². The summed E-state index contributed by atoms with van der Waals surface area (Å²) in [6.45, 7) is 9.33. The Morgan fingerprint density at radius 1 is 0.882 bits per heavy atom. The van der Waals surface area contributed by atoms with Crippen molar-refractivity contribution in [3.63, 3.8) is 0 Å². The SMILES string of the molecule is CC1CCCCN1C(=O)CN1CCN(CC(=O)N2CCN(c3ccccc3[N+](=O)[O-])CC2)CC1. The molecule has 10 heteroatoms. The average molecular weight is 473 g/mol. The van der Waals surface area contributed by atoms with Crippen molar-refractivity contribution >= 4 is 23.2 Å². The van der Waals surface area contributed by atoms with Crippen LogP contribution in [-0.4, -0.2) is 114 Å². The lowest BCUT2D eigenvalue weighted by Crippen LogP contribution is -2.55. The van der Waals surface area contributed by atoms with Crippen LogP contribution in [0.3, 0.4) is 0 Å². The van der Waals surface area contributed by atoms with E-state index in [0.29, 0.717) is 51.0 Å². The second-order valence-electron chi connectivity index (χ2n) is 9.60. The molecule has 1 atom stereocenters. The van der Waals surface area contributed by atoms with E-state index in [1.165, 1.54) is 12.5 Å². The number of piperazine rings is 2. The fourth-order valence-corrected chi connectivity index (χ4v) is 5.23. The molecule has 0 saturated carbocycles. The summed E-state index contributed by atoms with van der Waals surface area (Å²) in [7, 11) is 0. The fourth-order valence-electron chi connectivity index (χ4n) is 5.23. The van der Waals surface area contributed by atoms with Crippen molar-refractivity contribution in [3.05, 3.63) is 34.4 Å². The van der Waals surface area contributed by atoms with Gasteiger partial charge in [-0.1, -0.05) is 12.1 Å². The number of amides is 2. The summed E-state index contributed by atoms with van der Waals surface area (Å²) in [6, 6.07) is 7.11. The maximum Gasteiger partial charge on any atom is 0.292 e. The Balaban J connectivity index is 1.19. The molecule has 3 heterocycles. The standard InChI is InChI=1S/C24H36N6O4/c1-20-6-4-5-9-29(20)24(32)19-26-12-10-25(11-13-26)18-23(31)28-16-14-27(15-17-28)21-7-2-3-8-22(21)30(33)34/h2-3,7-8,20H,4-6,9-19H2,1H3. The predicted octanol–water partition coefficient (Wildman–Crippen LogP) is 1.26. The minimum absolute atomic E-state index is 0.105. The van der Waals surface area contributed by atoms with Crippen molar-refractivity contribution in [2.24, 2.45) is 0 Å². The maximum absolute atomic E-state index is 12.9. The van der Waals surface area contributed by atoms with Crippen molar-refractivity contribution in [2.75, 3.05) is 76.9 Å². The molecule has 0 bridgehead atoms. The third-order valence-corrected chi connectivity index (χ3v) is 7.36. The lowest BCUT2D eigenvalue weighted by atomic mass is 10.0. The number of carbonyl (C=O) groups excluding carboxylic acids is 2. The van der Waals surface area contributed by atoms with Gasteiger partial charge in [-0.15, -0.1) is 0 Å². The summed E-state index contributed by atoms with van der Waals surface area (Å²) in [5.41, 5.74) is 0.720. The molecule has 0 N–H and O–H groups in total. The van der Waals surface area contributed by atoms with Gasteiger partial charge in [0.15, 0.2) is 0 Å². The zero-order valence-electron chi connectivity index (χ0n) is 20.1. The normalized spacial score (nSPS) is 22.6. The highest BCUT2D eigenvalue weighted by molar-refractivity contribution is 5.79. The van der Waals surface area contributed by atoms with Gasteiger partial charge in [0.1, 0.15) is 5.69 Å². The number of rotatable bonds is 6. The van der Waals surface area contributed by atoms with E-state index in [1.54, 1.807) is 18.2 Å². The molecular weight excluding hydrogens is 436 g/mol. The Morgan fingerprint density at radius 3 is 2.12 bits per heavy atom. The van der Waals surface area contributed by atoms with Crippen LogP contribution in [0, 0.1) is 10.1 Å². The summed E-state index contributed by atoms with van der Waals surface area (Å²) in [5, 5.41) is 11.3. The molecule has 3 aliphatic rings. The predicted molar refractivity (Wildman–Crippen MR) is 130 cm³/mol. The molecule has 3 saturated heterocycles. The molecule has 4 rings (SSSR count). The number of nitro groups is 1. The van der Waals surface area contributed by atoms with Crippen molar-refractivity contribution in [1.29, 1.82) is 0 Å². The molecule has 3 fully saturated rings. The molecule has 0 radical (unpaired) electrons. The summed E-state index contributed by atoms with van der Waals surface area (Å²) in [5.74, 6) is 0.335. The average Bonchev–Trinajstić information content (AvgIpc) is 2.85. The second-order valence-corrected chi connectivity index (χ2v) is 9.60. The van der Waals surface area contributed by atoms with Crippen LogP contribution in [0.15, 0.2) is 24.3 Å². The molecule has 10 nitrogen and oxygen atoms in total. The Labute approximate surface area is 201 Å². The number of carbonyl (C=O) groups is 2. The number of nitrogens with zero attached hydrogens (tertiary/aromatic N) is 6. The Kier molecular flexibility index (Phi) is 7.99. The number of piperidine rings is 1. The molecule has 3 aliphatic heterocycles. The van der Waals surface area contributed by atoms with Crippen molar-refractivity contribution in [1.82, 2.24) is 19.6 Å². The monoisotopic (exact) mass is 472 g/mol. The molecular formula is C24H36N6O4. The lowest BCUT2D eigenvalue weighted by molar-refractivity contribution is -0.384. The summed E-state index contributed by atoms with van der Waals surface area (Å²) in [4.78, 5) is 46.8. The Morgan fingerprint density at radius 2 is 1.50 bits per heavy atom. The van der Waals surface area contributed by atoms with Crippen molar-refractivity contribution in [3.8, 4) is 0 Å². The zero-order chi connectivity index (χ0) is 24.1. The molecule has 1 aromatic carbocycles. The minimum atomic E-state index is -0.354. The molecule has 0 spiro atoms. The minimum Gasteiger partial charge on any atom is -0.362 e. The van der Waals surface area contributed by atoms with Gasteiger partial charge in [-0.25, -0.2) is 0 Å². The second kappa shape index (κ2) is 11.1. The molecule has 186 valence electrons. The molecule has 2 amide bonds. The zero-order valence-corrected chi connectivity index (χ0v) is 20.1. The van der Waals surface area contributed by atoms with Gasteiger partial charge in [0, 0.05) is 71.0 Å². The first-order valence-electron chi connectivity index (χ1n) is 12.4. The largest absolute Gasteiger partial charge is 0.362 e. The summed E-state index contributed by atoms with van der Waals surface area (Å²) < 4.78 is 0. The Hall–Kier alpha value is -2.72. The number of para-hydroxylation sites is 2. The van der Waals surface area contributed by atoms with Crippen molar-refractivity contribution in [2.45, 2.75) is 32.2 Å². The van der Waals surface area contributed by atoms with Crippen LogP contribution < -0.4 is 4.90 Å². The van der Waals surface area contributed by atoms with E-state index < -0.39 is 0 Å². The fraction of sp³-hybridized carbons (Fsp3) is 0.667. The van der Waals surface area contributed by atoms with Crippen LogP contribution in [0.2, 0.25) is 0 Å². The number of benzene rings is 1. The molecule has 0 aliphatic carbocycles. The van der Waals surface area contributed by atoms with Crippen LogP contribution in [0.5, 0.6) is 0 Å². The molecule has 1 unspecified atom stereocenters. The number of hydrogen-bond acceptors (Lipinski definition) is 7. The van der Waals surface area contributed by atoms with Gasteiger partial charge in [0.2, 0.25) is 11.8 Å². The number of nitro benzene ring substituents is 1. The van der Waals surface area contributed by atoms with Gasteiger partial charge in [0.25, 0.3) is 5.69 Å². The third-order valence-electron chi connectivity index (χ3n) is 7.36. The topological polar surface area (TPSA) is 93.5 Å². The van der Waals surface area contributed by atoms with Gasteiger partial charge in [0.05, 0.1) is 18.0 Å². The first kappa shape index (κ1) is 24.4. The highest BCUT2D eigenvalue weighted by atomic mass is 16.6. The van der Waals surface area contributed by atoms with E-state index in [0.717, 1.165) is 45.6 Å². The van der Waals surface area contributed by atoms with Crippen LogP contribution >= 0.6 is 0 Å². The first-order valence-corrected chi connectivity index (χ1v) is 12.4. The van der Waals surface area contributed by atoms with E-state index in [4.69, 9.17) is 0 Å². The van der Waals surface area contributed by atoms with Gasteiger partial charge in [-0.2, -0.15) is 0 Å². The quantitative estimate of drug-likeness (QED) is 0.455.